The Bertz CT molecular complexity index is 1200. The topological polar surface area (TPSA) is 90.4 Å². The molecule has 8 nitrogen and oxygen atoms in total. The van der Waals surface area contributed by atoms with Crippen molar-refractivity contribution in [3.63, 3.8) is 0 Å². The zero-order chi connectivity index (χ0) is 28.3. The number of hydrogen-bond acceptors (Lipinski definition) is 5. The SMILES string of the molecule is CN1CC=C[C@@H]2O[C@]34C=CCN(C(C)(C)CC(C)(C)C)C(=O)C3N([C@H](CO)c3ccccc3)C(=O)[C@@H]4[C@@H]2C1=O. The van der Waals surface area contributed by atoms with Gasteiger partial charge in [-0.2, -0.15) is 0 Å². The fraction of sp³-hybridized carbons (Fsp3) is 0.581. The summed E-state index contributed by atoms with van der Waals surface area (Å²) < 4.78 is 6.71. The Labute approximate surface area is 231 Å². The van der Waals surface area contributed by atoms with E-state index < -0.39 is 41.2 Å². The quantitative estimate of drug-likeness (QED) is 0.586. The number of aliphatic hydroxyl groups is 1. The van der Waals surface area contributed by atoms with Gasteiger partial charge in [0, 0.05) is 25.7 Å². The second-order valence-corrected chi connectivity index (χ2v) is 13.2. The molecule has 2 fully saturated rings. The lowest BCUT2D eigenvalue weighted by atomic mass is 9.77. The van der Waals surface area contributed by atoms with Crippen molar-refractivity contribution in [3.05, 3.63) is 60.2 Å². The summed E-state index contributed by atoms with van der Waals surface area (Å²) in [7, 11) is 1.72. The molecule has 1 N–H and O–H groups in total. The number of likely N-dealkylation sites (N-methyl/N-ethyl adjacent to an activating group) is 1. The maximum Gasteiger partial charge on any atom is 0.249 e. The number of ether oxygens (including phenoxy) is 1. The number of likely N-dealkylation sites (tertiary alicyclic amines) is 1. The Kier molecular flexibility index (Phi) is 6.79. The molecule has 3 amide bonds. The van der Waals surface area contributed by atoms with Crippen LogP contribution < -0.4 is 0 Å². The summed E-state index contributed by atoms with van der Waals surface area (Å²) in [6, 6.07) is 7.49. The fourth-order valence-electron chi connectivity index (χ4n) is 7.51. The van der Waals surface area contributed by atoms with Crippen molar-refractivity contribution in [1.29, 1.82) is 0 Å². The van der Waals surface area contributed by atoms with Gasteiger partial charge in [0.25, 0.3) is 0 Å². The van der Waals surface area contributed by atoms with Gasteiger partial charge in [0.05, 0.1) is 30.6 Å². The first-order valence-corrected chi connectivity index (χ1v) is 13.9. The molecule has 4 aliphatic heterocycles. The van der Waals surface area contributed by atoms with Crippen LogP contribution >= 0.6 is 0 Å². The van der Waals surface area contributed by atoms with Crippen LogP contribution in [0.4, 0.5) is 0 Å². The number of nitrogens with zero attached hydrogens (tertiary/aromatic N) is 3. The number of benzene rings is 1. The van der Waals surface area contributed by atoms with Gasteiger partial charge in [0.1, 0.15) is 11.6 Å². The first kappa shape index (κ1) is 27.6. The molecule has 39 heavy (non-hydrogen) atoms. The molecule has 4 aliphatic rings. The highest BCUT2D eigenvalue weighted by Gasteiger charge is 2.73. The van der Waals surface area contributed by atoms with E-state index >= 15 is 0 Å². The van der Waals surface area contributed by atoms with Crippen LogP contribution in [0.2, 0.25) is 0 Å². The van der Waals surface area contributed by atoms with Crippen LogP contribution in [-0.4, -0.2) is 87.6 Å². The number of carbonyl (C=O) groups excluding carboxylic acids is 3. The Hall–Kier alpha value is -2.97. The fourth-order valence-corrected chi connectivity index (χ4v) is 7.51. The average Bonchev–Trinajstić information content (AvgIpc) is 3.17. The van der Waals surface area contributed by atoms with E-state index in [1.807, 2.05) is 59.5 Å². The molecule has 1 spiro atoms. The van der Waals surface area contributed by atoms with Crippen LogP contribution in [0.1, 0.15) is 52.6 Å². The maximum absolute atomic E-state index is 14.7. The Morgan fingerprint density at radius 2 is 1.69 bits per heavy atom. The monoisotopic (exact) mass is 535 g/mol. The van der Waals surface area contributed by atoms with E-state index in [1.165, 1.54) is 4.90 Å². The molecular formula is C31H41N3O5. The minimum absolute atomic E-state index is 0.0400. The molecule has 5 rings (SSSR count). The number of hydrogen-bond donors (Lipinski definition) is 1. The van der Waals surface area contributed by atoms with Gasteiger partial charge >= 0.3 is 0 Å². The normalized spacial score (nSPS) is 31.7. The highest BCUT2D eigenvalue weighted by atomic mass is 16.5. The second kappa shape index (κ2) is 9.59. The van der Waals surface area contributed by atoms with E-state index in [4.69, 9.17) is 4.74 Å². The first-order valence-electron chi connectivity index (χ1n) is 13.9. The smallest absolute Gasteiger partial charge is 0.249 e. The number of amides is 3. The Morgan fingerprint density at radius 1 is 1.00 bits per heavy atom. The lowest BCUT2D eigenvalue weighted by Gasteiger charge is -2.45. The lowest BCUT2D eigenvalue weighted by Crippen LogP contribution is -2.60. The van der Waals surface area contributed by atoms with E-state index in [0.29, 0.717) is 13.1 Å². The Balaban J connectivity index is 1.67. The average molecular weight is 536 g/mol. The number of aliphatic hydroxyl groups excluding tert-OH is 1. The maximum atomic E-state index is 14.7. The standard InChI is InChI=1S/C31H41N3O5/c1-29(2,3)19-30(4,5)33-17-11-15-31-24(23-22(39-31)14-10-16-32(6)26(23)36)27(37)34(25(31)28(33)38)21(18-35)20-12-8-7-9-13-20/h7-15,21-25,35H,16-19H2,1-6H3/t21-,22+,23-,24+,25?,31+/m1/s1. The van der Waals surface area contributed by atoms with E-state index in [2.05, 4.69) is 34.6 Å². The van der Waals surface area contributed by atoms with Gasteiger partial charge < -0.3 is 24.5 Å². The Morgan fingerprint density at radius 3 is 2.33 bits per heavy atom. The zero-order valence-electron chi connectivity index (χ0n) is 23.8. The van der Waals surface area contributed by atoms with Crippen LogP contribution in [-0.2, 0) is 19.1 Å². The highest BCUT2D eigenvalue weighted by Crippen LogP contribution is 2.55. The molecule has 1 aromatic carbocycles. The molecule has 210 valence electrons. The summed E-state index contributed by atoms with van der Waals surface area (Å²) in [5, 5.41) is 10.7. The third-order valence-electron chi connectivity index (χ3n) is 8.68. The summed E-state index contributed by atoms with van der Waals surface area (Å²) in [5.74, 6) is -2.36. The molecule has 8 heteroatoms. The summed E-state index contributed by atoms with van der Waals surface area (Å²) in [6.07, 6.45) is 7.66. The molecule has 6 atom stereocenters. The molecule has 0 radical (unpaired) electrons. The largest absolute Gasteiger partial charge is 0.394 e. The van der Waals surface area contributed by atoms with Crippen LogP contribution in [0.3, 0.4) is 0 Å². The van der Waals surface area contributed by atoms with Gasteiger partial charge in [-0.1, -0.05) is 75.4 Å². The van der Waals surface area contributed by atoms with Gasteiger partial charge in [-0.15, -0.1) is 0 Å². The third kappa shape index (κ3) is 4.42. The molecular weight excluding hydrogens is 494 g/mol. The minimum Gasteiger partial charge on any atom is -0.394 e. The number of carbonyl (C=O) groups is 3. The minimum atomic E-state index is -1.32. The van der Waals surface area contributed by atoms with Crippen LogP contribution in [0.25, 0.3) is 0 Å². The van der Waals surface area contributed by atoms with Crippen LogP contribution in [0, 0.1) is 17.3 Å². The second-order valence-electron chi connectivity index (χ2n) is 13.2. The van der Waals surface area contributed by atoms with Crippen LogP contribution in [0.5, 0.6) is 0 Å². The van der Waals surface area contributed by atoms with E-state index in [9.17, 15) is 19.5 Å². The first-order chi connectivity index (χ1) is 18.3. The van der Waals surface area contributed by atoms with Crippen molar-refractivity contribution < 1.29 is 24.2 Å². The summed E-state index contributed by atoms with van der Waals surface area (Å²) in [5.41, 5.74) is -1.15. The third-order valence-corrected chi connectivity index (χ3v) is 8.68. The molecule has 0 saturated carbocycles. The molecule has 1 unspecified atom stereocenters. The van der Waals surface area contributed by atoms with Gasteiger partial charge in [-0.3, -0.25) is 14.4 Å². The van der Waals surface area contributed by atoms with E-state index in [1.54, 1.807) is 11.9 Å². The highest BCUT2D eigenvalue weighted by molar-refractivity contribution is 6.00. The van der Waals surface area contributed by atoms with E-state index in [0.717, 1.165) is 12.0 Å². The molecule has 0 bridgehead atoms. The van der Waals surface area contributed by atoms with Crippen molar-refractivity contribution in [3.8, 4) is 0 Å². The molecule has 0 aliphatic carbocycles. The van der Waals surface area contributed by atoms with Crippen molar-refractivity contribution in [2.24, 2.45) is 17.3 Å². The van der Waals surface area contributed by atoms with Gasteiger partial charge in [-0.25, -0.2) is 0 Å². The number of fused-ring (bicyclic) bond motifs is 2. The van der Waals surface area contributed by atoms with E-state index in [-0.39, 0.29) is 29.7 Å². The number of rotatable bonds is 5. The molecule has 1 aromatic rings. The van der Waals surface area contributed by atoms with Crippen LogP contribution in [0.15, 0.2) is 54.6 Å². The molecule has 0 aromatic heterocycles. The predicted octanol–water partition coefficient (Wildman–Crippen LogP) is 2.94. The van der Waals surface area contributed by atoms with Crippen molar-refractivity contribution >= 4 is 17.7 Å². The predicted molar refractivity (Wildman–Crippen MR) is 147 cm³/mol. The summed E-state index contributed by atoms with van der Waals surface area (Å²) in [4.78, 5) is 47.9. The van der Waals surface area contributed by atoms with Gasteiger partial charge in [0.2, 0.25) is 17.7 Å². The van der Waals surface area contributed by atoms with Crippen molar-refractivity contribution in [1.82, 2.24) is 14.7 Å². The zero-order valence-corrected chi connectivity index (χ0v) is 23.8. The van der Waals surface area contributed by atoms with Crippen molar-refractivity contribution in [2.75, 3.05) is 26.7 Å². The van der Waals surface area contributed by atoms with Crippen molar-refractivity contribution in [2.45, 2.75) is 70.4 Å². The summed E-state index contributed by atoms with van der Waals surface area (Å²) >= 11 is 0. The summed E-state index contributed by atoms with van der Waals surface area (Å²) in [6.45, 7) is 11.0. The van der Waals surface area contributed by atoms with Gasteiger partial charge in [0.15, 0.2) is 0 Å². The molecule has 4 heterocycles. The lowest BCUT2D eigenvalue weighted by molar-refractivity contribution is -0.155. The molecule has 2 saturated heterocycles. The van der Waals surface area contributed by atoms with Gasteiger partial charge in [-0.05, 0) is 31.2 Å².